The highest BCUT2D eigenvalue weighted by molar-refractivity contribution is 14.1. The Bertz CT molecular complexity index is 90.9. The van der Waals surface area contributed by atoms with Crippen molar-refractivity contribution in [3.05, 3.63) is 0 Å². The van der Waals surface area contributed by atoms with E-state index in [0.29, 0.717) is 0 Å². The van der Waals surface area contributed by atoms with Gasteiger partial charge in [0.15, 0.2) is 0 Å². The van der Waals surface area contributed by atoms with Crippen LogP contribution in [-0.2, 0) is 9.63 Å². The summed E-state index contributed by atoms with van der Waals surface area (Å²) in [6, 6.07) is 0. The van der Waals surface area contributed by atoms with Gasteiger partial charge in [0.2, 0.25) is 3.79 Å². The second-order valence-electron chi connectivity index (χ2n) is 0.721. The van der Waals surface area contributed by atoms with E-state index in [1.807, 2.05) is 0 Å². The van der Waals surface area contributed by atoms with Crippen LogP contribution in [0.1, 0.15) is 0 Å². The fourth-order valence-electron chi connectivity index (χ4n) is 0.0941. The molecule has 0 aliphatic rings. The molecule has 0 aliphatic heterocycles. The number of nitrogens with zero attached hydrogens (tertiary/aromatic N) is 1. The Hall–Kier alpha value is -0.130. The summed E-state index contributed by atoms with van der Waals surface area (Å²) in [5.74, 6) is 0. The highest BCUT2D eigenvalue weighted by atomic mass is 127. The Morgan fingerprint density at radius 2 is 2.57 bits per heavy atom. The number of halogens is 1. The lowest BCUT2D eigenvalue weighted by Crippen LogP contribution is -1.83. The van der Waals surface area contributed by atoms with E-state index in [4.69, 9.17) is 0 Å². The Morgan fingerprint density at radius 1 is 2.00 bits per heavy atom. The minimum Gasteiger partial charge on any atom is -0.399 e. The number of carbonyl (C=O) groups is 1. The van der Waals surface area contributed by atoms with Gasteiger partial charge in [0.1, 0.15) is 13.3 Å². The average Bonchev–Trinajstić information content (AvgIpc) is 1.61. The molecule has 0 aromatic rings. The lowest BCUT2D eigenvalue weighted by molar-refractivity contribution is -0.103. The molecule has 0 atom stereocenters. The molecule has 0 fully saturated rings. The zero-order valence-electron chi connectivity index (χ0n) is 3.72. The summed E-state index contributed by atoms with van der Waals surface area (Å²) < 4.78 is -0.139. The molecule has 3 nitrogen and oxygen atoms in total. The van der Waals surface area contributed by atoms with E-state index < -0.39 is 0 Å². The first-order valence-electron chi connectivity index (χ1n) is 1.53. The molecule has 0 aromatic heterocycles. The molecule has 0 saturated heterocycles. The summed E-state index contributed by atoms with van der Waals surface area (Å²) in [5, 5.41) is 3.19. The Labute approximate surface area is 54.9 Å². The van der Waals surface area contributed by atoms with Gasteiger partial charge in [-0.1, -0.05) is 5.16 Å². The molecule has 4 heteroatoms. The number of oxime groups is 1. The average molecular weight is 213 g/mol. The zero-order valence-corrected chi connectivity index (χ0v) is 5.88. The van der Waals surface area contributed by atoms with E-state index in [9.17, 15) is 4.79 Å². The topological polar surface area (TPSA) is 38.7 Å². The lowest BCUT2D eigenvalue weighted by Gasteiger charge is -1.77. The molecular formula is C3H4INO2. The van der Waals surface area contributed by atoms with Gasteiger partial charge < -0.3 is 4.84 Å². The van der Waals surface area contributed by atoms with Crippen molar-refractivity contribution in [1.29, 1.82) is 0 Å². The molecule has 7 heavy (non-hydrogen) atoms. The molecule has 40 valence electrons. The standard InChI is InChI=1S/C3H4INO2/c1-7-5-2-3(4)6/h2H,1H3/b5-2+. The van der Waals surface area contributed by atoms with Crippen LogP contribution >= 0.6 is 22.6 Å². The molecule has 0 spiro atoms. The monoisotopic (exact) mass is 213 g/mol. The minimum absolute atomic E-state index is 0.139. The maximum absolute atomic E-state index is 9.96. The van der Waals surface area contributed by atoms with Crippen LogP contribution in [0.15, 0.2) is 5.16 Å². The minimum atomic E-state index is -0.139. The van der Waals surface area contributed by atoms with Crippen LogP contribution < -0.4 is 0 Å². The third kappa shape index (κ3) is 5.87. The van der Waals surface area contributed by atoms with Gasteiger partial charge in [0.25, 0.3) is 0 Å². The number of hydrogen-bond donors (Lipinski definition) is 0. The summed E-state index contributed by atoms with van der Waals surface area (Å²) in [7, 11) is 1.38. The van der Waals surface area contributed by atoms with E-state index in [0.717, 1.165) is 6.21 Å². The Kier molecular flexibility index (Phi) is 3.97. The molecule has 0 rings (SSSR count). The molecule has 0 amide bonds. The summed E-state index contributed by atoms with van der Waals surface area (Å²) in [6.07, 6.45) is 1.10. The molecule has 0 unspecified atom stereocenters. The van der Waals surface area contributed by atoms with Crippen molar-refractivity contribution in [1.82, 2.24) is 0 Å². The smallest absolute Gasteiger partial charge is 0.236 e. The number of rotatable bonds is 2. The third-order valence-corrected chi connectivity index (χ3v) is 0.538. The van der Waals surface area contributed by atoms with Gasteiger partial charge >= 0.3 is 0 Å². The van der Waals surface area contributed by atoms with Crippen LogP contribution in [0, 0.1) is 0 Å². The van der Waals surface area contributed by atoms with Crippen molar-refractivity contribution >= 4 is 32.6 Å². The predicted molar refractivity (Wildman–Crippen MR) is 34.5 cm³/mol. The summed E-state index contributed by atoms with van der Waals surface area (Å²) >= 11 is 1.60. The van der Waals surface area contributed by atoms with Gasteiger partial charge in [-0.2, -0.15) is 0 Å². The predicted octanol–water partition coefficient (Wildman–Crippen LogP) is 0.580. The van der Waals surface area contributed by atoms with Crippen molar-refractivity contribution in [3.8, 4) is 0 Å². The summed E-state index contributed by atoms with van der Waals surface area (Å²) in [6.45, 7) is 0. The second-order valence-corrected chi connectivity index (χ2v) is 1.78. The van der Waals surface area contributed by atoms with Gasteiger partial charge in [-0.05, 0) is 0 Å². The van der Waals surface area contributed by atoms with Gasteiger partial charge in [-0.15, -0.1) is 0 Å². The maximum Gasteiger partial charge on any atom is 0.236 e. The van der Waals surface area contributed by atoms with Crippen molar-refractivity contribution in [2.75, 3.05) is 7.11 Å². The largest absolute Gasteiger partial charge is 0.399 e. The Balaban J connectivity index is 3.26. The van der Waals surface area contributed by atoms with Gasteiger partial charge in [-0.3, -0.25) is 4.79 Å². The molecule has 0 heterocycles. The van der Waals surface area contributed by atoms with Gasteiger partial charge in [-0.25, -0.2) is 0 Å². The van der Waals surface area contributed by atoms with Crippen LogP contribution in [0.3, 0.4) is 0 Å². The second kappa shape index (κ2) is 4.04. The van der Waals surface area contributed by atoms with E-state index >= 15 is 0 Å². The molecule has 0 saturated carbocycles. The fourth-order valence-corrected chi connectivity index (χ4v) is 0.208. The van der Waals surface area contributed by atoms with E-state index in [1.165, 1.54) is 7.11 Å². The van der Waals surface area contributed by atoms with Crippen molar-refractivity contribution in [2.45, 2.75) is 0 Å². The number of carbonyl (C=O) groups excluding carboxylic acids is 1. The first kappa shape index (κ1) is 6.87. The summed E-state index contributed by atoms with van der Waals surface area (Å²) in [4.78, 5) is 14.2. The van der Waals surface area contributed by atoms with E-state index in [1.54, 1.807) is 22.6 Å². The summed E-state index contributed by atoms with van der Waals surface area (Å²) in [5.41, 5.74) is 0. The lowest BCUT2D eigenvalue weighted by atomic mass is 10.9. The van der Waals surface area contributed by atoms with Gasteiger partial charge in [0, 0.05) is 22.6 Å². The van der Waals surface area contributed by atoms with Crippen molar-refractivity contribution in [3.63, 3.8) is 0 Å². The third-order valence-electron chi connectivity index (χ3n) is 0.260. The SMILES string of the molecule is CO/N=C/C(=O)I. The van der Waals surface area contributed by atoms with Crippen LogP contribution in [0.5, 0.6) is 0 Å². The maximum atomic E-state index is 9.96. The molecular weight excluding hydrogens is 209 g/mol. The van der Waals surface area contributed by atoms with Crippen molar-refractivity contribution in [2.24, 2.45) is 5.16 Å². The van der Waals surface area contributed by atoms with Crippen LogP contribution in [-0.4, -0.2) is 17.1 Å². The zero-order chi connectivity index (χ0) is 5.70. The molecule has 0 bridgehead atoms. The van der Waals surface area contributed by atoms with Crippen LogP contribution in [0.25, 0.3) is 0 Å². The first-order chi connectivity index (χ1) is 3.27. The van der Waals surface area contributed by atoms with Crippen LogP contribution in [0.2, 0.25) is 0 Å². The first-order valence-corrected chi connectivity index (χ1v) is 2.61. The Morgan fingerprint density at radius 3 is 2.71 bits per heavy atom. The van der Waals surface area contributed by atoms with Crippen molar-refractivity contribution < 1.29 is 9.63 Å². The molecule has 0 radical (unpaired) electrons. The molecule has 0 aliphatic carbocycles. The molecule has 0 N–H and O–H groups in total. The highest BCUT2D eigenvalue weighted by Gasteiger charge is 1.81. The van der Waals surface area contributed by atoms with E-state index in [2.05, 4.69) is 9.99 Å². The quantitative estimate of drug-likeness (QED) is 0.291. The highest BCUT2D eigenvalue weighted by Crippen LogP contribution is 1.78. The molecule has 0 aromatic carbocycles. The number of hydrogen-bond acceptors (Lipinski definition) is 3. The normalized spacial score (nSPS) is 9.43. The van der Waals surface area contributed by atoms with Crippen LogP contribution in [0.4, 0.5) is 0 Å². The van der Waals surface area contributed by atoms with Gasteiger partial charge in [0.05, 0.1) is 0 Å². The van der Waals surface area contributed by atoms with E-state index in [-0.39, 0.29) is 3.79 Å². The fraction of sp³-hybridized carbons (Fsp3) is 0.333.